The minimum atomic E-state index is -0.459. The molecule has 0 saturated carbocycles. The summed E-state index contributed by atoms with van der Waals surface area (Å²) in [7, 11) is 0. The molecule has 5 heterocycles. The van der Waals surface area contributed by atoms with Crippen LogP contribution >= 0.6 is 0 Å². The summed E-state index contributed by atoms with van der Waals surface area (Å²) in [5.41, 5.74) is 14.8. The normalized spacial score (nSPS) is 12.9. The minimum absolute atomic E-state index is 0. The van der Waals surface area contributed by atoms with E-state index in [1.807, 2.05) is 69.9 Å². The first-order valence-electron chi connectivity index (χ1n) is 28.0. The zero-order chi connectivity index (χ0) is 55.0. The molecule has 1 aliphatic rings. The third kappa shape index (κ3) is 7.42. The molecule has 1 aliphatic heterocycles. The van der Waals surface area contributed by atoms with Crippen LogP contribution in [0.25, 0.3) is 122 Å². The zero-order valence-electron chi connectivity index (χ0n) is 47.0. The molecule has 14 aromatic rings. The number of para-hydroxylation sites is 5. The number of fused-ring (bicyclic) bond motifs is 13. The van der Waals surface area contributed by atoms with E-state index in [1.165, 1.54) is 5.56 Å². The number of benzene rings is 10. The predicted molar refractivity (Wildman–Crippen MR) is 308 cm³/mol. The monoisotopic (exact) mass is 1170 g/mol. The van der Waals surface area contributed by atoms with Crippen LogP contribution in [0.2, 0.25) is 0 Å². The Kier molecular flexibility index (Phi) is 9.65. The maximum atomic E-state index is 9.44. The molecule has 15 rings (SSSR count). The molecule has 0 amide bonds. The third-order valence-corrected chi connectivity index (χ3v) is 15.0. The molecule has 4 aromatic heterocycles. The average molecular weight is 1170 g/mol. The summed E-state index contributed by atoms with van der Waals surface area (Å²) in [6, 6.07) is 71.6. The van der Waals surface area contributed by atoms with Crippen molar-refractivity contribution in [2.24, 2.45) is 0 Å². The number of ether oxygens (including phenoxy) is 1. The van der Waals surface area contributed by atoms with Gasteiger partial charge in [-0.15, -0.1) is 29.7 Å². The number of rotatable bonds is 6. The van der Waals surface area contributed by atoms with Crippen molar-refractivity contribution in [3.8, 4) is 78.9 Å². The molecule has 0 unspecified atom stereocenters. The standard InChI is InChI=1S/C70H47N5O.Pt/c1-70(2,3)46-38-39-71-67(40-46)75-64-32-14-11-26-57(64)58-37-35-50(43-66(58)75)76-49-21-15-20-47(41-49)72-44-73-68-51(45-18-5-4-6-19-45)27-16-28-60(68)61-42-48(74-62-30-12-9-24-55(62)56-25-10-13-31-63(56)74)34-36-54(61)52-22-7-8-23-53(52)59-29-17-33-65(72)69(59)73;/h4-40,42H,1-3H3;/q-2;/i4D,5D,6D,18D,19D;. The van der Waals surface area contributed by atoms with Crippen LogP contribution in [0.15, 0.2) is 231 Å². The summed E-state index contributed by atoms with van der Waals surface area (Å²) >= 11 is 0. The summed E-state index contributed by atoms with van der Waals surface area (Å²) in [4.78, 5) is 4.87. The Labute approximate surface area is 467 Å². The van der Waals surface area contributed by atoms with Crippen molar-refractivity contribution >= 4 is 54.6 Å². The van der Waals surface area contributed by atoms with Gasteiger partial charge in [0.1, 0.15) is 5.82 Å². The third-order valence-electron chi connectivity index (χ3n) is 15.0. The summed E-state index contributed by atoms with van der Waals surface area (Å²) < 4.78 is 60.5. The van der Waals surface area contributed by atoms with E-state index in [0.717, 1.165) is 99.5 Å². The van der Waals surface area contributed by atoms with Gasteiger partial charge in [-0.3, -0.25) is 4.57 Å². The molecule has 0 spiro atoms. The van der Waals surface area contributed by atoms with Crippen molar-refractivity contribution < 1.29 is 37.2 Å². The van der Waals surface area contributed by atoms with Gasteiger partial charge in [0.25, 0.3) is 6.33 Å². The van der Waals surface area contributed by atoms with E-state index in [9.17, 15) is 2.74 Å². The van der Waals surface area contributed by atoms with Gasteiger partial charge in [-0.1, -0.05) is 178 Å². The number of imidazole rings is 1. The van der Waals surface area contributed by atoms with E-state index in [-0.39, 0.29) is 44.1 Å². The largest absolute Gasteiger partial charge is 0.510 e. The molecule has 10 aromatic carbocycles. The quantitative estimate of drug-likeness (QED) is 0.123. The van der Waals surface area contributed by atoms with Crippen LogP contribution in [0.1, 0.15) is 33.2 Å². The van der Waals surface area contributed by atoms with Gasteiger partial charge in [0, 0.05) is 60.7 Å². The molecular weight excluding hydrogens is 1120 g/mol. The Balaban J connectivity index is 0.00000602. The first kappa shape index (κ1) is 41.2. The van der Waals surface area contributed by atoms with Crippen LogP contribution in [0.4, 0.5) is 0 Å². The fourth-order valence-electron chi connectivity index (χ4n) is 11.5. The zero-order valence-corrected chi connectivity index (χ0v) is 44.3. The molecular formula is C70H47N5OPt-2. The van der Waals surface area contributed by atoms with Crippen molar-refractivity contribution in [1.29, 1.82) is 0 Å². The minimum Gasteiger partial charge on any atom is -0.510 e. The average Bonchev–Trinajstić information content (AvgIpc) is 2.12. The number of hydrogen-bond acceptors (Lipinski definition) is 2. The number of nitrogens with zero attached hydrogens (tertiary/aromatic N) is 5. The van der Waals surface area contributed by atoms with Crippen molar-refractivity contribution in [2.75, 3.05) is 0 Å². The van der Waals surface area contributed by atoms with Crippen LogP contribution in [-0.4, -0.2) is 18.7 Å². The molecule has 0 radical (unpaired) electrons. The van der Waals surface area contributed by atoms with Gasteiger partial charge in [0.05, 0.1) is 34.6 Å². The van der Waals surface area contributed by atoms with E-state index in [2.05, 4.69) is 188 Å². The Morgan fingerprint density at radius 3 is 1.86 bits per heavy atom. The summed E-state index contributed by atoms with van der Waals surface area (Å²) in [6.45, 7) is 6.60. The van der Waals surface area contributed by atoms with Gasteiger partial charge in [0.15, 0.2) is 0 Å². The van der Waals surface area contributed by atoms with E-state index >= 15 is 0 Å². The maximum absolute atomic E-state index is 9.44. The SMILES string of the molecule is [2H]c1c([2H])c([2H])c(-c2cccc3c2-[n+]2[c-]n(-c4[c-]c(Oc5[c-]c6c(cc5)c5ccccc5n6-c5cc(C(C)(C)C)ccn5)ccc4)c4cccc(c42)-c2ccccc2-c2ccc(-n4c5ccccc5c5ccccc54)cc2-3)c([2H])c1[2H].[Pt]. The van der Waals surface area contributed by atoms with Gasteiger partial charge in [0.2, 0.25) is 0 Å². The molecule has 370 valence electrons. The predicted octanol–water partition coefficient (Wildman–Crippen LogP) is 17.0. The van der Waals surface area contributed by atoms with Gasteiger partial charge in [-0.25, -0.2) is 4.98 Å². The van der Waals surface area contributed by atoms with E-state index < -0.39 is 18.1 Å². The first-order valence-corrected chi connectivity index (χ1v) is 25.5. The Hall–Kier alpha value is -9.09. The second-order valence-corrected chi connectivity index (χ2v) is 20.4. The molecule has 0 bridgehead atoms. The van der Waals surface area contributed by atoms with Crippen molar-refractivity contribution in [1.82, 2.24) is 18.7 Å². The smallest absolute Gasteiger partial charge is 0.268 e. The molecule has 0 atom stereocenters. The van der Waals surface area contributed by atoms with Crippen LogP contribution < -0.4 is 9.30 Å². The number of hydrogen-bond donors (Lipinski definition) is 0. The Morgan fingerprint density at radius 1 is 0.506 bits per heavy atom. The second-order valence-electron chi connectivity index (χ2n) is 20.4. The summed E-state index contributed by atoms with van der Waals surface area (Å²) in [5, 5.41) is 4.39. The van der Waals surface area contributed by atoms with Crippen molar-refractivity contribution in [3.05, 3.63) is 255 Å². The second kappa shape index (κ2) is 18.0. The van der Waals surface area contributed by atoms with Crippen LogP contribution in [0.5, 0.6) is 11.5 Å². The molecule has 0 N–H and O–H groups in total. The van der Waals surface area contributed by atoms with E-state index in [4.69, 9.17) is 13.8 Å². The van der Waals surface area contributed by atoms with Crippen LogP contribution in [-0.2, 0) is 26.5 Å². The topological polar surface area (TPSA) is 40.8 Å². The van der Waals surface area contributed by atoms with E-state index in [0.29, 0.717) is 28.4 Å². The van der Waals surface area contributed by atoms with Gasteiger partial charge < -0.3 is 18.4 Å². The maximum Gasteiger partial charge on any atom is 0.268 e. The van der Waals surface area contributed by atoms with Gasteiger partial charge in [-0.05, 0) is 109 Å². The van der Waals surface area contributed by atoms with Gasteiger partial charge >= 0.3 is 0 Å². The first-order chi connectivity index (χ1) is 39.4. The molecule has 6 nitrogen and oxygen atoms in total. The number of aromatic nitrogens is 5. The number of pyridine rings is 1. The summed E-state index contributed by atoms with van der Waals surface area (Å²) in [6.07, 6.45) is 5.65. The molecule has 0 aliphatic carbocycles. The van der Waals surface area contributed by atoms with Crippen molar-refractivity contribution in [2.45, 2.75) is 26.2 Å². The Morgan fingerprint density at radius 2 is 1.10 bits per heavy atom. The van der Waals surface area contributed by atoms with Gasteiger partial charge in [-0.2, -0.15) is 18.2 Å². The molecule has 0 fully saturated rings. The fraction of sp³-hybridized carbons (Fsp3) is 0.0571. The van der Waals surface area contributed by atoms with Crippen LogP contribution in [0, 0.1) is 18.5 Å². The fourth-order valence-corrected chi connectivity index (χ4v) is 11.5. The van der Waals surface area contributed by atoms with Crippen LogP contribution in [0.3, 0.4) is 0 Å². The van der Waals surface area contributed by atoms with Crippen molar-refractivity contribution in [3.63, 3.8) is 0 Å². The summed E-state index contributed by atoms with van der Waals surface area (Å²) in [5.74, 6) is 1.75. The molecule has 77 heavy (non-hydrogen) atoms. The Bertz CT molecular complexity index is 4910. The molecule has 7 heteroatoms. The van der Waals surface area contributed by atoms with E-state index in [1.54, 1.807) is 0 Å². The molecule has 0 saturated heterocycles.